The lowest BCUT2D eigenvalue weighted by molar-refractivity contribution is -0.119. The molecule has 3 rings (SSSR count). The molecule has 1 aromatic rings. The maximum absolute atomic E-state index is 12.2. The Hall–Kier alpha value is -1.88. The SMILES string of the molecule is O=C(NCC1CCCC1O)c1ccc(N2CCCCC2=O)cc1. The molecule has 5 heteroatoms. The van der Waals surface area contributed by atoms with Crippen LogP contribution in [0.3, 0.4) is 0 Å². The third-order valence-electron chi connectivity index (χ3n) is 4.91. The van der Waals surface area contributed by atoms with Crippen molar-refractivity contribution < 1.29 is 14.7 Å². The number of aliphatic hydroxyl groups is 1. The van der Waals surface area contributed by atoms with Crippen molar-refractivity contribution in [1.29, 1.82) is 0 Å². The summed E-state index contributed by atoms with van der Waals surface area (Å²) < 4.78 is 0. The summed E-state index contributed by atoms with van der Waals surface area (Å²) in [4.78, 5) is 25.9. The maximum atomic E-state index is 12.2. The van der Waals surface area contributed by atoms with Crippen LogP contribution in [-0.2, 0) is 4.79 Å². The molecule has 1 saturated carbocycles. The number of hydrogen-bond donors (Lipinski definition) is 2. The smallest absolute Gasteiger partial charge is 0.251 e. The van der Waals surface area contributed by atoms with E-state index in [-0.39, 0.29) is 23.8 Å². The third-order valence-corrected chi connectivity index (χ3v) is 4.91. The fourth-order valence-electron chi connectivity index (χ4n) is 3.45. The molecule has 23 heavy (non-hydrogen) atoms. The standard InChI is InChI=1S/C18H24N2O3/c21-16-5-3-4-14(16)12-19-18(23)13-7-9-15(10-8-13)20-11-2-1-6-17(20)22/h7-10,14,16,21H,1-6,11-12H2,(H,19,23). The van der Waals surface area contributed by atoms with Gasteiger partial charge in [-0.25, -0.2) is 0 Å². The topological polar surface area (TPSA) is 69.6 Å². The van der Waals surface area contributed by atoms with Gasteiger partial charge in [-0.3, -0.25) is 9.59 Å². The fourth-order valence-corrected chi connectivity index (χ4v) is 3.45. The van der Waals surface area contributed by atoms with Crippen LogP contribution in [0.2, 0.25) is 0 Å². The lowest BCUT2D eigenvalue weighted by Crippen LogP contribution is -2.35. The molecule has 1 aliphatic heterocycles. The van der Waals surface area contributed by atoms with Crippen LogP contribution in [0.1, 0.15) is 48.9 Å². The van der Waals surface area contributed by atoms with Gasteiger partial charge in [0.05, 0.1) is 6.10 Å². The van der Waals surface area contributed by atoms with Gasteiger partial charge >= 0.3 is 0 Å². The molecule has 0 bridgehead atoms. The van der Waals surface area contributed by atoms with Gasteiger partial charge in [-0.1, -0.05) is 6.42 Å². The van der Waals surface area contributed by atoms with Gasteiger partial charge < -0.3 is 15.3 Å². The first kappa shape index (κ1) is 16.0. The minimum Gasteiger partial charge on any atom is -0.393 e. The van der Waals surface area contributed by atoms with Crippen LogP contribution in [-0.4, -0.2) is 36.1 Å². The third kappa shape index (κ3) is 3.72. The molecule has 2 fully saturated rings. The summed E-state index contributed by atoms with van der Waals surface area (Å²) in [6.07, 6.45) is 5.13. The van der Waals surface area contributed by atoms with Gasteiger partial charge in [0.2, 0.25) is 5.91 Å². The van der Waals surface area contributed by atoms with Crippen LogP contribution in [0.15, 0.2) is 24.3 Å². The summed E-state index contributed by atoms with van der Waals surface area (Å²) in [7, 11) is 0. The van der Waals surface area contributed by atoms with Crippen LogP contribution < -0.4 is 10.2 Å². The summed E-state index contributed by atoms with van der Waals surface area (Å²) in [6.45, 7) is 1.27. The van der Waals surface area contributed by atoms with Crippen LogP contribution in [0, 0.1) is 5.92 Å². The highest BCUT2D eigenvalue weighted by atomic mass is 16.3. The van der Waals surface area contributed by atoms with Crippen molar-refractivity contribution in [3.05, 3.63) is 29.8 Å². The quantitative estimate of drug-likeness (QED) is 0.893. The summed E-state index contributed by atoms with van der Waals surface area (Å²) in [5.41, 5.74) is 1.45. The number of aliphatic hydroxyl groups excluding tert-OH is 1. The van der Waals surface area contributed by atoms with Crippen LogP contribution in [0.5, 0.6) is 0 Å². The van der Waals surface area contributed by atoms with Gasteiger partial charge in [-0.05, 0) is 49.9 Å². The molecule has 0 spiro atoms. The Balaban J connectivity index is 1.58. The van der Waals surface area contributed by atoms with E-state index in [1.54, 1.807) is 17.0 Å². The van der Waals surface area contributed by atoms with Gasteiger partial charge in [-0.15, -0.1) is 0 Å². The lowest BCUT2D eigenvalue weighted by atomic mass is 10.1. The first-order valence-corrected chi connectivity index (χ1v) is 8.52. The van der Waals surface area contributed by atoms with E-state index >= 15 is 0 Å². The molecule has 0 aromatic heterocycles. The minimum atomic E-state index is -0.289. The molecule has 5 nitrogen and oxygen atoms in total. The molecular weight excluding hydrogens is 292 g/mol. The zero-order valence-electron chi connectivity index (χ0n) is 13.3. The van der Waals surface area contributed by atoms with E-state index in [2.05, 4.69) is 5.32 Å². The number of piperidine rings is 1. The van der Waals surface area contributed by atoms with Crippen molar-refractivity contribution in [2.75, 3.05) is 18.0 Å². The molecule has 1 aliphatic carbocycles. The van der Waals surface area contributed by atoms with Gasteiger partial charge in [-0.2, -0.15) is 0 Å². The van der Waals surface area contributed by atoms with Crippen LogP contribution >= 0.6 is 0 Å². The van der Waals surface area contributed by atoms with E-state index in [1.807, 2.05) is 12.1 Å². The minimum absolute atomic E-state index is 0.124. The highest BCUT2D eigenvalue weighted by molar-refractivity contribution is 5.96. The second-order valence-corrected chi connectivity index (χ2v) is 6.52. The Bertz CT molecular complexity index is 570. The molecule has 0 radical (unpaired) electrons. The number of nitrogens with zero attached hydrogens (tertiary/aromatic N) is 1. The molecule has 2 atom stereocenters. The number of carbonyl (C=O) groups excluding carboxylic acids is 2. The average molecular weight is 316 g/mol. The molecule has 1 aromatic carbocycles. The summed E-state index contributed by atoms with van der Waals surface area (Å²) >= 11 is 0. The number of benzene rings is 1. The number of hydrogen-bond acceptors (Lipinski definition) is 3. The van der Waals surface area contributed by atoms with Crippen molar-refractivity contribution in [2.24, 2.45) is 5.92 Å². The van der Waals surface area contributed by atoms with Crippen molar-refractivity contribution in [1.82, 2.24) is 5.32 Å². The Morgan fingerprint density at radius 2 is 1.96 bits per heavy atom. The van der Waals surface area contributed by atoms with Gasteiger partial charge in [0.25, 0.3) is 5.91 Å². The molecule has 2 N–H and O–H groups in total. The fraction of sp³-hybridized carbons (Fsp3) is 0.556. The first-order chi connectivity index (χ1) is 11.1. The normalized spacial score (nSPS) is 24.7. The Labute approximate surface area is 136 Å². The molecule has 124 valence electrons. The van der Waals surface area contributed by atoms with Gasteiger partial charge in [0.15, 0.2) is 0 Å². The molecule has 2 aliphatic rings. The number of anilines is 1. The van der Waals surface area contributed by atoms with E-state index in [0.717, 1.165) is 44.3 Å². The van der Waals surface area contributed by atoms with Crippen LogP contribution in [0.25, 0.3) is 0 Å². The second-order valence-electron chi connectivity index (χ2n) is 6.52. The second kappa shape index (κ2) is 7.13. The zero-order valence-corrected chi connectivity index (χ0v) is 13.3. The Morgan fingerprint density at radius 1 is 1.17 bits per heavy atom. The highest BCUT2D eigenvalue weighted by Crippen LogP contribution is 2.25. The predicted molar refractivity (Wildman–Crippen MR) is 88.3 cm³/mol. The van der Waals surface area contributed by atoms with Crippen molar-refractivity contribution in [3.8, 4) is 0 Å². The molecule has 2 unspecified atom stereocenters. The lowest BCUT2D eigenvalue weighted by Gasteiger charge is -2.26. The number of amides is 2. The number of nitrogens with one attached hydrogen (secondary N) is 1. The van der Waals surface area contributed by atoms with E-state index in [1.165, 1.54) is 0 Å². The summed E-state index contributed by atoms with van der Waals surface area (Å²) in [5, 5.41) is 12.7. The van der Waals surface area contributed by atoms with E-state index in [0.29, 0.717) is 18.5 Å². The molecule has 1 saturated heterocycles. The predicted octanol–water partition coefficient (Wildman–Crippen LogP) is 2.09. The van der Waals surface area contributed by atoms with Crippen molar-refractivity contribution in [3.63, 3.8) is 0 Å². The first-order valence-electron chi connectivity index (χ1n) is 8.52. The largest absolute Gasteiger partial charge is 0.393 e. The van der Waals surface area contributed by atoms with E-state index in [4.69, 9.17) is 0 Å². The summed E-state index contributed by atoms with van der Waals surface area (Å²) in [5.74, 6) is 0.202. The van der Waals surface area contributed by atoms with Crippen molar-refractivity contribution >= 4 is 17.5 Å². The maximum Gasteiger partial charge on any atom is 0.251 e. The van der Waals surface area contributed by atoms with E-state index in [9.17, 15) is 14.7 Å². The molecular formula is C18H24N2O3. The Kier molecular flexibility index (Phi) is 4.96. The summed E-state index contributed by atoms with van der Waals surface area (Å²) in [6, 6.07) is 7.19. The van der Waals surface area contributed by atoms with E-state index < -0.39 is 0 Å². The average Bonchev–Trinajstić information content (AvgIpc) is 2.98. The number of rotatable bonds is 4. The van der Waals surface area contributed by atoms with Crippen molar-refractivity contribution in [2.45, 2.75) is 44.6 Å². The number of carbonyl (C=O) groups is 2. The monoisotopic (exact) mass is 316 g/mol. The zero-order chi connectivity index (χ0) is 16.2. The van der Waals surface area contributed by atoms with Gasteiger partial charge in [0.1, 0.15) is 0 Å². The molecule has 1 heterocycles. The van der Waals surface area contributed by atoms with Crippen LogP contribution in [0.4, 0.5) is 5.69 Å². The highest BCUT2D eigenvalue weighted by Gasteiger charge is 2.25. The molecule has 2 amide bonds. The Morgan fingerprint density at radius 3 is 2.61 bits per heavy atom. The van der Waals surface area contributed by atoms with Gasteiger partial charge in [0, 0.05) is 36.7 Å².